The predicted molar refractivity (Wildman–Crippen MR) is 52.6 cm³/mol. The van der Waals surface area contributed by atoms with Crippen molar-refractivity contribution in [2.45, 2.75) is 32.2 Å². The zero-order valence-electron chi connectivity index (χ0n) is 8.45. The highest BCUT2D eigenvalue weighted by molar-refractivity contribution is 5.86. The number of nitrogens with zero attached hydrogens (tertiary/aromatic N) is 1. The topological polar surface area (TPSA) is 75.4 Å². The van der Waals surface area contributed by atoms with Crippen molar-refractivity contribution in [1.29, 1.82) is 0 Å². The highest BCUT2D eigenvalue weighted by Gasteiger charge is 2.32. The first-order valence-corrected chi connectivity index (χ1v) is 5.00. The maximum atomic E-state index is 11.5. The second-order valence-electron chi connectivity index (χ2n) is 3.49. The van der Waals surface area contributed by atoms with Crippen LogP contribution in [0.15, 0.2) is 0 Å². The van der Waals surface area contributed by atoms with Crippen LogP contribution in [0, 0.1) is 0 Å². The van der Waals surface area contributed by atoms with Crippen LogP contribution in [0.3, 0.4) is 0 Å². The van der Waals surface area contributed by atoms with Crippen LogP contribution in [-0.4, -0.2) is 36.0 Å². The summed E-state index contributed by atoms with van der Waals surface area (Å²) in [6.45, 7) is 3.25. The number of primary amides is 1. The fraction of sp³-hybridized carbons (Fsp3) is 0.778. The Morgan fingerprint density at radius 2 is 2.29 bits per heavy atom. The molecule has 0 aromatic carbocycles. The van der Waals surface area contributed by atoms with Gasteiger partial charge in [-0.1, -0.05) is 6.92 Å². The van der Waals surface area contributed by atoms with Gasteiger partial charge in [0.1, 0.15) is 6.04 Å². The van der Waals surface area contributed by atoms with E-state index in [9.17, 15) is 9.59 Å². The molecule has 3 amide bonds. The summed E-state index contributed by atoms with van der Waals surface area (Å²) in [6.07, 6.45) is 2.43. The number of hydrogen-bond donors (Lipinski definition) is 2. The highest BCUT2D eigenvalue weighted by atomic mass is 16.2. The van der Waals surface area contributed by atoms with Crippen molar-refractivity contribution in [2.75, 3.05) is 13.1 Å². The smallest absolute Gasteiger partial charge is 0.318 e. The molecular weight excluding hydrogens is 182 g/mol. The number of carbonyl (C=O) groups excluding carboxylic acids is 2. The van der Waals surface area contributed by atoms with E-state index in [1.165, 1.54) is 4.90 Å². The standard InChI is InChI=1S/C9H17N3O2/c1-2-5-11-9(14)12-6-3-4-7(12)8(10)13/h7H,2-6H2,1H3,(H2,10,13)(H,11,14)/t7-/m0/s1. The summed E-state index contributed by atoms with van der Waals surface area (Å²) in [7, 11) is 0. The molecule has 0 aromatic rings. The summed E-state index contributed by atoms with van der Waals surface area (Å²) < 4.78 is 0. The fourth-order valence-corrected chi connectivity index (χ4v) is 1.64. The molecule has 80 valence electrons. The van der Waals surface area contributed by atoms with E-state index in [-0.39, 0.29) is 6.03 Å². The van der Waals surface area contributed by atoms with Crippen LogP contribution in [-0.2, 0) is 4.79 Å². The minimum atomic E-state index is -0.410. The Bertz CT molecular complexity index is 230. The SMILES string of the molecule is CCCNC(=O)N1CCC[C@H]1C(N)=O. The molecule has 3 N–H and O–H groups in total. The molecule has 0 unspecified atom stereocenters. The molecule has 1 aliphatic rings. The third-order valence-electron chi connectivity index (χ3n) is 2.37. The number of amides is 3. The monoisotopic (exact) mass is 199 g/mol. The van der Waals surface area contributed by atoms with Gasteiger partial charge in [0.15, 0.2) is 0 Å². The van der Waals surface area contributed by atoms with Crippen molar-refractivity contribution in [3.8, 4) is 0 Å². The lowest BCUT2D eigenvalue weighted by atomic mass is 10.2. The van der Waals surface area contributed by atoms with Crippen molar-refractivity contribution in [2.24, 2.45) is 5.73 Å². The third kappa shape index (κ3) is 2.37. The van der Waals surface area contributed by atoms with E-state index in [1.54, 1.807) is 0 Å². The Balaban J connectivity index is 2.49. The van der Waals surface area contributed by atoms with E-state index >= 15 is 0 Å². The summed E-state index contributed by atoms with van der Waals surface area (Å²) in [6, 6.07) is -0.583. The molecule has 0 aromatic heterocycles. The Morgan fingerprint density at radius 3 is 2.86 bits per heavy atom. The Labute approximate surface area is 83.6 Å². The number of urea groups is 1. The minimum Gasteiger partial charge on any atom is -0.368 e. The van der Waals surface area contributed by atoms with E-state index in [4.69, 9.17) is 5.73 Å². The van der Waals surface area contributed by atoms with Crippen LogP contribution in [0.1, 0.15) is 26.2 Å². The van der Waals surface area contributed by atoms with Crippen LogP contribution in [0.4, 0.5) is 4.79 Å². The third-order valence-corrected chi connectivity index (χ3v) is 2.37. The second-order valence-corrected chi connectivity index (χ2v) is 3.49. The maximum Gasteiger partial charge on any atom is 0.318 e. The number of likely N-dealkylation sites (tertiary alicyclic amines) is 1. The van der Waals surface area contributed by atoms with Gasteiger partial charge in [0.25, 0.3) is 0 Å². The van der Waals surface area contributed by atoms with Crippen molar-refractivity contribution < 1.29 is 9.59 Å². The molecule has 1 aliphatic heterocycles. The zero-order valence-corrected chi connectivity index (χ0v) is 8.45. The molecule has 5 nitrogen and oxygen atoms in total. The van der Waals surface area contributed by atoms with Gasteiger partial charge in [-0.3, -0.25) is 4.79 Å². The molecule has 0 bridgehead atoms. The van der Waals surface area contributed by atoms with Crippen molar-refractivity contribution >= 4 is 11.9 Å². The minimum absolute atomic E-state index is 0.173. The average molecular weight is 199 g/mol. The number of hydrogen-bond acceptors (Lipinski definition) is 2. The van der Waals surface area contributed by atoms with Crippen LogP contribution in [0.2, 0.25) is 0 Å². The molecule has 0 saturated carbocycles. The highest BCUT2D eigenvalue weighted by Crippen LogP contribution is 2.16. The number of rotatable bonds is 3. The molecule has 14 heavy (non-hydrogen) atoms. The van der Waals surface area contributed by atoms with E-state index in [0.29, 0.717) is 19.5 Å². The average Bonchev–Trinajstić information content (AvgIpc) is 2.62. The van der Waals surface area contributed by atoms with Gasteiger partial charge in [0, 0.05) is 13.1 Å². The first kappa shape index (κ1) is 10.8. The van der Waals surface area contributed by atoms with Crippen molar-refractivity contribution in [1.82, 2.24) is 10.2 Å². The molecule has 1 saturated heterocycles. The molecule has 0 radical (unpaired) electrons. The Kier molecular flexibility index (Phi) is 3.73. The molecule has 0 spiro atoms. The number of nitrogens with two attached hydrogens (primary N) is 1. The molecule has 1 atom stereocenters. The predicted octanol–water partition coefficient (Wildman–Crippen LogP) is 0.0557. The first-order chi connectivity index (χ1) is 6.66. The quantitative estimate of drug-likeness (QED) is 0.674. The summed E-state index contributed by atoms with van der Waals surface area (Å²) >= 11 is 0. The van der Waals surface area contributed by atoms with Crippen molar-refractivity contribution in [3.63, 3.8) is 0 Å². The lowest BCUT2D eigenvalue weighted by Gasteiger charge is -2.22. The van der Waals surface area contributed by atoms with Gasteiger partial charge in [0.2, 0.25) is 5.91 Å². The van der Waals surface area contributed by atoms with Gasteiger partial charge in [-0.25, -0.2) is 4.79 Å². The summed E-state index contributed by atoms with van der Waals surface area (Å²) in [5.74, 6) is -0.408. The normalized spacial score (nSPS) is 20.9. The van der Waals surface area contributed by atoms with Crippen LogP contribution < -0.4 is 11.1 Å². The van der Waals surface area contributed by atoms with Crippen LogP contribution in [0.5, 0.6) is 0 Å². The lowest BCUT2D eigenvalue weighted by Crippen LogP contribution is -2.48. The Hall–Kier alpha value is -1.26. The van der Waals surface area contributed by atoms with Gasteiger partial charge in [-0.15, -0.1) is 0 Å². The molecule has 1 rings (SSSR count). The van der Waals surface area contributed by atoms with Gasteiger partial charge in [-0.2, -0.15) is 0 Å². The van der Waals surface area contributed by atoms with E-state index in [1.807, 2.05) is 6.92 Å². The lowest BCUT2D eigenvalue weighted by molar-refractivity contribution is -0.121. The zero-order chi connectivity index (χ0) is 10.6. The second kappa shape index (κ2) is 4.83. The summed E-state index contributed by atoms with van der Waals surface area (Å²) in [4.78, 5) is 24.0. The number of nitrogens with one attached hydrogen (secondary N) is 1. The maximum absolute atomic E-state index is 11.5. The van der Waals surface area contributed by atoms with Crippen molar-refractivity contribution in [3.05, 3.63) is 0 Å². The largest absolute Gasteiger partial charge is 0.368 e. The van der Waals surface area contributed by atoms with Gasteiger partial charge in [-0.05, 0) is 19.3 Å². The first-order valence-electron chi connectivity index (χ1n) is 5.00. The fourth-order valence-electron chi connectivity index (χ4n) is 1.64. The van der Waals surface area contributed by atoms with Gasteiger partial charge in [0.05, 0.1) is 0 Å². The van der Waals surface area contributed by atoms with E-state index < -0.39 is 11.9 Å². The number of carbonyl (C=O) groups is 2. The summed E-state index contributed by atoms with van der Waals surface area (Å²) in [5.41, 5.74) is 5.19. The molecular formula is C9H17N3O2. The molecule has 1 fully saturated rings. The summed E-state index contributed by atoms with van der Waals surface area (Å²) in [5, 5.41) is 2.74. The van der Waals surface area contributed by atoms with Gasteiger partial charge >= 0.3 is 6.03 Å². The molecule has 0 aliphatic carbocycles. The molecule has 5 heteroatoms. The van der Waals surface area contributed by atoms with Crippen LogP contribution in [0.25, 0.3) is 0 Å². The Morgan fingerprint density at radius 1 is 1.57 bits per heavy atom. The molecule has 1 heterocycles. The van der Waals surface area contributed by atoms with E-state index in [0.717, 1.165) is 12.8 Å². The van der Waals surface area contributed by atoms with Gasteiger partial charge < -0.3 is 16.0 Å². The van der Waals surface area contributed by atoms with E-state index in [2.05, 4.69) is 5.32 Å². The van der Waals surface area contributed by atoms with Crippen LogP contribution >= 0.6 is 0 Å².